The number of carbonyl (C=O) groups is 1. The highest BCUT2D eigenvalue weighted by molar-refractivity contribution is 7.52. The van der Waals surface area contributed by atoms with Crippen LogP contribution in [0, 0.1) is 0 Å². The van der Waals surface area contributed by atoms with Crippen LogP contribution in [0.15, 0.2) is 0 Å². The van der Waals surface area contributed by atoms with Crippen LogP contribution in [0.5, 0.6) is 0 Å². The summed E-state index contributed by atoms with van der Waals surface area (Å²) in [5.74, 6) is -0.535. The largest absolute Gasteiger partial charge is 1.00 e. The lowest BCUT2D eigenvalue weighted by atomic mass is 10.0. The van der Waals surface area contributed by atoms with Gasteiger partial charge in [-0.15, -0.1) is 0 Å². The monoisotopic (exact) mass is 834 g/mol. The highest BCUT2D eigenvalue weighted by Gasteiger charge is 2.36. The first kappa shape index (κ1) is 51.3. The summed E-state index contributed by atoms with van der Waals surface area (Å²) in [4.78, 5) is 68.1. The van der Waals surface area contributed by atoms with E-state index in [1.54, 1.807) is 0 Å². The lowest BCUT2D eigenvalue weighted by molar-refractivity contribution is -0.890. The van der Waals surface area contributed by atoms with E-state index in [9.17, 15) is 47.9 Å². The van der Waals surface area contributed by atoms with E-state index < -0.39 is 73.1 Å². The van der Waals surface area contributed by atoms with Crippen LogP contribution >= 0.6 is 22.8 Å². The van der Waals surface area contributed by atoms with Crippen LogP contribution in [0.2, 0.25) is 0 Å². The Morgan fingerprint density at radius 3 is 1.18 bits per heavy atom. The minimum absolute atomic E-state index is 0. The number of ether oxygens (including phenoxy) is 3. The second-order valence-electron chi connectivity index (χ2n) is 13.7. The molecule has 0 aromatic heterocycles. The molecule has 0 aliphatic rings. The zero-order chi connectivity index (χ0) is 36.6. The second kappa shape index (κ2) is 27.8. The predicted octanol–water partition coefficient (Wildman–Crippen LogP) is 2.03. The Labute approximate surface area is 304 Å². The van der Waals surface area contributed by atoms with Gasteiger partial charge in [-0.25, -0.2) is 0 Å². The third kappa shape index (κ3) is 35.1. The number of carbonyl (C=O) groups excluding carboxylic acids is 1. The van der Waals surface area contributed by atoms with Crippen LogP contribution in [-0.4, -0.2) is 111 Å². The van der Waals surface area contributed by atoms with Gasteiger partial charge in [0.15, 0.2) is 0 Å². The molecule has 0 aliphatic carbocycles. The average molecular weight is 836 g/mol. The Morgan fingerprint density at radius 2 is 0.878 bits per heavy atom. The van der Waals surface area contributed by atoms with Gasteiger partial charge < -0.3 is 70.4 Å². The van der Waals surface area contributed by atoms with Crippen molar-refractivity contribution in [3.05, 3.63) is 0 Å². The Bertz CT molecular complexity index is 923. The van der Waals surface area contributed by atoms with Crippen LogP contribution in [0.3, 0.4) is 0 Å². The smallest absolute Gasteiger partial charge is 0.350 e. The average Bonchev–Trinajstić information content (AvgIpc) is 2.94. The Kier molecular flexibility index (Phi) is 29.1. The molecule has 0 radical (unpaired) electrons. The van der Waals surface area contributed by atoms with E-state index in [4.69, 9.17) is 14.2 Å². The Morgan fingerprint density at radius 1 is 0.571 bits per heavy atom. The number of unbranched alkanes of at least 4 members (excludes halogenated alkanes) is 15. The first-order valence-corrected chi connectivity index (χ1v) is 22.7. The Hall–Kier alpha value is 0.240. The molecule has 0 saturated carbocycles. The summed E-state index contributed by atoms with van der Waals surface area (Å²) in [6, 6.07) is 0. The van der Waals surface area contributed by atoms with Crippen LogP contribution in [0.1, 0.15) is 116 Å². The van der Waals surface area contributed by atoms with Crippen LogP contribution in [0.4, 0.5) is 0 Å². The van der Waals surface area contributed by atoms with Gasteiger partial charge in [0.1, 0.15) is 24.6 Å². The van der Waals surface area contributed by atoms with Gasteiger partial charge in [0.2, 0.25) is 5.91 Å². The lowest BCUT2D eigenvalue weighted by Gasteiger charge is -2.35. The van der Waals surface area contributed by atoms with Gasteiger partial charge in [-0.05, 0) is 12.8 Å². The molecule has 0 rings (SSSR count). The van der Waals surface area contributed by atoms with Gasteiger partial charge in [0, 0.05) is 0 Å². The van der Waals surface area contributed by atoms with Crippen LogP contribution < -0.4 is 22.3 Å². The second-order valence-corrected chi connectivity index (χ2v) is 18.5. The van der Waals surface area contributed by atoms with Gasteiger partial charge in [-0.1, -0.05) is 96.8 Å². The topological polar surface area (TPSA) is 229 Å². The number of nitrogens with zero attached hydrogens (tertiary/aromatic N) is 1. The van der Waals surface area contributed by atoms with Crippen molar-refractivity contribution in [2.45, 2.75) is 122 Å². The predicted molar refractivity (Wildman–Crippen MR) is 185 cm³/mol. The quantitative estimate of drug-likeness (QED) is 0.0286. The molecule has 296 valence electrons. The Balaban J connectivity index is 0. The van der Waals surface area contributed by atoms with Gasteiger partial charge >= 0.3 is 22.8 Å². The minimum atomic E-state index is -4.63. The molecule has 0 bridgehead atoms. The SMILES string of the molecule is CCCCCCCCCCCCCCCCCC[N+](C)(C)CCC(=O)NC(COCP(=O)(O)O)(COCP(=O)(O)O)COCP(=O)(O)O.[Br-]. The molecule has 0 atom stereocenters. The molecule has 7 N–H and O–H groups in total. The number of amides is 1. The first-order valence-electron chi connectivity index (χ1n) is 17.3. The number of rotatable bonds is 33. The fourth-order valence-corrected chi connectivity index (χ4v) is 6.26. The van der Waals surface area contributed by atoms with Crippen molar-refractivity contribution >= 4 is 28.7 Å². The number of hydrogen-bond donors (Lipinski definition) is 7. The van der Waals surface area contributed by atoms with Gasteiger partial charge in [0.05, 0.1) is 53.4 Å². The molecule has 19 heteroatoms. The summed E-state index contributed by atoms with van der Waals surface area (Å²) in [5.41, 5.74) is -1.76. The van der Waals surface area contributed by atoms with Gasteiger partial charge in [-0.2, -0.15) is 0 Å². The third-order valence-corrected chi connectivity index (χ3v) is 9.44. The van der Waals surface area contributed by atoms with Crippen molar-refractivity contribution in [3.8, 4) is 0 Å². The third-order valence-electron chi connectivity index (χ3n) is 7.88. The normalized spacial score (nSPS) is 13.0. The van der Waals surface area contributed by atoms with E-state index in [1.807, 2.05) is 14.1 Å². The van der Waals surface area contributed by atoms with E-state index in [1.165, 1.54) is 89.9 Å². The fraction of sp³-hybridized carbons (Fsp3) is 0.967. The summed E-state index contributed by atoms with van der Waals surface area (Å²) < 4.78 is 49.7. The summed E-state index contributed by atoms with van der Waals surface area (Å²) in [6.07, 6.45) is 17.4. The highest BCUT2D eigenvalue weighted by Crippen LogP contribution is 2.37. The van der Waals surface area contributed by atoms with Crippen molar-refractivity contribution in [2.75, 3.05) is 66.0 Å². The van der Waals surface area contributed by atoms with Crippen molar-refractivity contribution in [3.63, 3.8) is 0 Å². The fourth-order valence-electron chi connectivity index (χ4n) is 5.28. The summed E-state index contributed by atoms with van der Waals surface area (Å²) >= 11 is 0. The number of halogens is 1. The molecule has 0 aromatic rings. The van der Waals surface area contributed by atoms with E-state index >= 15 is 0 Å². The van der Waals surface area contributed by atoms with E-state index in [0.29, 0.717) is 11.0 Å². The maximum atomic E-state index is 13.1. The van der Waals surface area contributed by atoms with Gasteiger partial charge in [0.25, 0.3) is 0 Å². The molecule has 15 nitrogen and oxygen atoms in total. The zero-order valence-corrected chi connectivity index (χ0v) is 34.2. The van der Waals surface area contributed by atoms with E-state index in [-0.39, 0.29) is 23.4 Å². The van der Waals surface area contributed by atoms with Crippen LogP contribution in [-0.2, 0) is 32.7 Å². The van der Waals surface area contributed by atoms with Crippen molar-refractivity contribution in [1.82, 2.24) is 5.32 Å². The highest BCUT2D eigenvalue weighted by atomic mass is 79.9. The number of quaternary nitrogens is 1. The van der Waals surface area contributed by atoms with Gasteiger partial charge in [-0.3, -0.25) is 18.5 Å². The molecule has 0 fully saturated rings. The summed E-state index contributed by atoms with van der Waals surface area (Å²) in [6.45, 7) is 1.63. The number of nitrogens with one attached hydrogen (secondary N) is 1. The van der Waals surface area contributed by atoms with E-state index in [2.05, 4.69) is 12.2 Å². The molecule has 0 unspecified atom stereocenters. The lowest BCUT2D eigenvalue weighted by Crippen LogP contribution is -3.00. The molecule has 0 spiro atoms. The van der Waals surface area contributed by atoms with Crippen LogP contribution in [0.25, 0.3) is 0 Å². The first-order chi connectivity index (χ1) is 22.3. The van der Waals surface area contributed by atoms with E-state index in [0.717, 1.165) is 19.4 Å². The molecule has 0 saturated heterocycles. The zero-order valence-electron chi connectivity index (χ0n) is 29.9. The molecule has 0 aromatic carbocycles. The van der Waals surface area contributed by atoms with Crippen molar-refractivity contribution < 1.29 is 83.5 Å². The molecular formula is C30H66BrN2O13P3. The van der Waals surface area contributed by atoms with Crippen molar-refractivity contribution in [1.29, 1.82) is 0 Å². The molecule has 0 aliphatic heterocycles. The standard InChI is InChI=1S/C30H65N2O13P3.BrH/c1-4-5-6-7-8-9-10-11-12-13-14-15-16-17-18-19-21-32(2,3)22-20-29(33)31-30(23-43-26-46(34,35)36,24-44-27-47(37,38)39)25-45-28-48(40,41)42;/h4-28H2,1-3H3,(H6-,31,33,34,35,36,37,38,39,40,41,42);1H. The maximum Gasteiger partial charge on any atom is 0.350 e. The summed E-state index contributed by atoms with van der Waals surface area (Å²) in [7, 11) is -9.88. The molecule has 49 heavy (non-hydrogen) atoms. The maximum absolute atomic E-state index is 13.1. The molecule has 0 heterocycles. The van der Waals surface area contributed by atoms with Crippen molar-refractivity contribution in [2.24, 2.45) is 0 Å². The minimum Gasteiger partial charge on any atom is -1.00 e. The molecular weight excluding hydrogens is 769 g/mol. The summed E-state index contributed by atoms with van der Waals surface area (Å²) in [5, 5.41) is 2.60. The molecule has 1 amide bonds. The number of hydrogen-bond acceptors (Lipinski definition) is 7.